The average Bonchev–Trinajstić information content (AvgIpc) is 2.26. The summed E-state index contributed by atoms with van der Waals surface area (Å²) in [4.78, 5) is 0.0634. The van der Waals surface area contributed by atoms with E-state index in [1.165, 1.54) is 18.2 Å². The molecule has 0 bridgehead atoms. The summed E-state index contributed by atoms with van der Waals surface area (Å²) in [7, 11) is -3.60. The van der Waals surface area contributed by atoms with E-state index in [1.54, 1.807) is 0 Å². The van der Waals surface area contributed by atoms with Crippen molar-refractivity contribution in [2.75, 3.05) is 5.73 Å². The molecule has 0 aromatic heterocycles. The van der Waals surface area contributed by atoms with Crippen molar-refractivity contribution in [2.24, 2.45) is 5.92 Å². The zero-order valence-electron chi connectivity index (χ0n) is 10.8. The van der Waals surface area contributed by atoms with E-state index in [-0.39, 0.29) is 21.9 Å². The summed E-state index contributed by atoms with van der Waals surface area (Å²) in [5.41, 5.74) is 5.98. The number of nitrogens with two attached hydrogens (primary N) is 1. The Morgan fingerprint density at radius 1 is 1.39 bits per heavy atom. The number of sulfonamides is 1. The van der Waals surface area contributed by atoms with Crippen molar-refractivity contribution >= 4 is 27.3 Å². The van der Waals surface area contributed by atoms with Crippen LogP contribution in [0.2, 0.25) is 5.02 Å². The van der Waals surface area contributed by atoms with Crippen molar-refractivity contribution < 1.29 is 8.42 Å². The zero-order valence-corrected chi connectivity index (χ0v) is 12.3. The third-order valence-corrected chi connectivity index (χ3v) is 5.13. The fourth-order valence-electron chi connectivity index (χ4n) is 1.51. The van der Waals surface area contributed by atoms with Crippen LogP contribution in [0.25, 0.3) is 0 Å². The topological polar surface area (TPSA) is 72.2 Å². The molecule has 2 atom stereocenters. The minimum atomic E-state index is -3.60. The van der Waals surface area contributed by atoms with Crippen LogP contribution in [-0.4, -0.2) is 14.5 Å². The minimum Gasteiger partial charge on any atom is -0.399 e. The molecule has 0 radical (unpaired) electrons. The van der Waals surface area contributed by atoms with E-state index in [4.69, 9.17) is 17.3 Å². The van der Waals surface area contributed by atoms with Crippen molar-refractivity contribution in [3.63, 3.8) is 0 Å². The Morgan fingerprint density at radius 2 is 2.00 bits per heavy atom. The SMILES string of the molecule is CCC(C)C(C)NS(=O)(=O)c1ccc(N)cc1Cl. The van der Waals surface area contributed by atoms with Crippen LogP contribution >= 0.6 is 11.6 Å². The summed E-state index contributed by atoms with van der Waals surface area (Å²) in [6.07, 6.45) is 0.902. The van der Waals surface area contributed by atoms with Gasteiger partial charge in [-0.15, -0.1) is 0 Å². The van der Waals surface area contributed by atoms with Gasteiger partial charge in [0, 0.05) is 11.7 Å². The van der Waals surface area contributed by atoms with Crippen LogP contribution in [0.4, 0.5) is 5.69 Å². The smallest absolute Gasteiger partial charge is 0.242 e. The maximum absolute atomic E-state index is 12.2. The van der Waals surface area contributed by atoms with Crippen molar-refractivity contribution in [1.82, 2.24) is 4.72 Å². The van der Waals surface area contributed by atoms with Gasteiger partial charge in [0.15, 0.2) is 0 Å². The highest BCUT2D eigenvalue weighted by Gasteiger charge is 2.22. The molecule has 1 rings (SSSR count). The number of hydrogen-bond donors (Lipinski definition) is 2. The van der Waals surface area contributed by atoms with Crippen molar-refractivity contribution in [1.29, 1.82) is 0 Å². The maximum atomic E-state index is 12.2. The first-order chi connectivity index (χ1) is 8.27. The number of nitrogen functional groups attached to an aromatic ring is 1. The van der Waals surface area contributed by atoms with E-state index >= 15 is 0 Å². The molecular weight excluding hydrogens is 272 g/mol. The van der Waals surface area contributed by atoms with Crippen LogP contribution in [-0.2, 0) is 10.0 Å². The van der Waals surface area contributed by atoms with Crippen molar-refractivity contribution in [3.8, 4) is 0 Å². The van der Waals surface area contributed by atoms with Crippen LogP contribution in [0.1, 0.15) is 27.2 Å². The van der Waals surface area contributed by atoms with Crippen LogP contribution in [0, 0.1) is 5.92 Å². The molecule has 0 aliphatic heterocycles. The largest absolute Gasteiger partial charge is 0.399 e. The van der Waals surface area contributed by atoms with Gasteiger partial charge < -0.3 is 5.73 Å². The van der Waals surface area contributed by atoms with Gasteiger partial charge in [-0.25, -0.2) is 13.1 Å². The van der Waals surface area contributed by atoms with E-state index in [0.717, 1.165) is 6.42 Å². The lowest BCUT2D eigenvalue weighted by Gasteiger charge is -2.20. The third kappa shape index (κ3) is 3.60. The highest BCUT2D eigenvalue weighted by atomic mass is 35.5. The Balaban J connectivity index is 3.00. The van der Waals surface area contributed by atoms with Gasteiger partial charge in [0.25, 0.3) is 0 Å². The molecule has 1 aromatic carbocycles. The minimum absolute atomic E-state index is 0.0634. The fraction of sp³-hybridized carbons (Fsp3) is 0.500. The molecule has 18 heavy (non-hydrogen) atoms. The standard InChI is InChI=1S/C12H19ClN2O2S/c1-4-8(2)9(3)15-18(16,17)12-6-5-10(14)7-11(12)13/h5-9,15H,4,14H2,1-3H3. The average molecular weight is 291 g/mol. The molecule has 0 spiro atoms. The van der Waals surface area contributed by atoms with Gasteiger partial charge in [0.05, 0.1) is 5.02 Å². The summed E-state index contributed by atoms with van der Waals surface area (Å²) in [6.45, 7) is 5.86. The van der Waals surface area contributed by atoms with E-state index in [1.807, 2.05) is 20.8 Å². The predicted molar refractivity (Wildman–Crippen MR) is 75.1 cm³/mol. The number of anilines is 1. The quantitative estimate of drug-likeness (QED) is 0.819. The molecule has 4 nitrogen and oxygen atoms in total. The van der Waals surface area contributed by atoms with Gasteiger partial charge >= 0.3 is 0 Å². The van der Waals surface area contributed by atoms with Gasteiger partial charge in [-0.05, 0) is 31.0 Å². The van der Waals surface area contributed by atoms with E-state index < -0.39 is 10.0 Å². The predicted octanol–water partition coefficient (Wildman–Crippen LogP) is 2.64. The van der Waals surface area contributed by atoms with Crippen LogP contribution in [0.5, 0.6) is 0 Å². The molecule has 0 aliphatic rings. The summed E-state index contributed by atoms with van der Waals surface area (Å²) in [5.74, 6) is 0.257. The molecule has 102 valence electrons. The Labute approximate surface area is 114 Å². The highest BCUT2D eigenvalue weighted by molar-refractivity contribution is 7.89. The van der Waals surface area contributed by atoms with Gasteiger partial charge in [-0.1, -0.05) is 31.9 Å². The van der Waals surface area contributed by atoms with Crippen LogP contribution in [0.3, 0.4) is 0 Å². The highest BCUT2D eigenvalue weighted by Crippen LogP contribution is 2.24. The van der Waals surface area contributed by atoms with Crippen molar-refractivity contribution in [2.45, 2.75) is 38.1 Å². The number of halogens is 1. The summed E-state index contributed by atoms with van der Waals surface area (Å²) in [5, 5.41) is 0.138. The molecule has 6 heteroatoms. The normalized spacial score (nSPS) is 15.3. The first-order valence-corrected chi connectivity index (χ1v) is 7.71. The zero-order chi connectivity index (χ0) is 13.9. The Kier molecular flexibility index (Phi) is 5.01. The molecule has 0 aliphatic carbocycles. The Bertz CT molecular complexity index is 517. The summed E-state index contributed by atoms with van der Waals surface area (Å²) < 4.78 is 26.9. The monoisotopic (exact) mass is 290 g/mol. The van der Waals surface area contributed by atoms with Crippen LogP contribution < -0.4 is 10.5 Å². The summed E-state index contributed by atoms with van der Waals surface area (Å²) >= 11 is 5.91. The Hall–Kier alpha value is -0.780. The molecule has 0 saturated carbocycles. The van der Waals surface area contributed by atoms with Gasteiger partial charge in [0.2, 0.25) is 10.0 Å². The number of hydrogen-bond acceptors (Lipinski definition) is 3. The second kappa shape index (κ2) is 5.91. The van der Waals surface area contributed by atoms with Gasteiger partial charge in [0.1, 0.15) is 4.90 Å². The van der Waals surface area contributed by atoms with Gasteiger partial charge in [-0.2, -0.15) is 0 Å². The van der Waals surface area contributed by atoms with Crippen LogP contribution in [0.15, 0.2) is 23.1 Å². The lowest BCUT2D eigenvalue weighted by Crippen LogP contribution is -2.37. The fourth-order valence-corrected chi connectivity index (χ4v) is 3.42. The lowest BCUT2D eigenvalue weighted by molar-refractivity contribution is 0.434. The Morgan fingerprint density at radius 3 is 2.50 bits per heavy atom. The molecule has 2 unspecified atom stereocenters. The molecule has 0 heterocycles. The maximum Gasteiger partial charge on any atom is 0.242 e. The molecule has 3 N–H and O–H groups in total. The van der Waals surface area contributed by atoms with E-state index in [0.29, 0.717) is 5.69 Å². The molecule has 0 amide bonds. The molecule has 1 aromatic rings. The molecule has 0 saturated heterocycles. The number of benzene rings is 1. The number of nitrogens with one attached hydrogen (secondary N) is 1. The number of rotatable bonds is 5. The lowest BCUT2D eigenvalue weighted by atomic mass is 10.0. The first-order valence-electron chi connectivity index (χ1n) is 5.85. The van der Waals surface area contributed by atoms with Gasteiger partial charge in [-0.3, -0.25) is 0 Å². The third-order valence-electron chi connectivity index (χ3n) is 3.08. The van der Waals surface area contributed by atoms with E-state index in [2.05, 4.69) is 4.72 Å². The first kappa shape index (κ1) is 15.3. The summed E-state index contributed by atoms with van der Waals surface area (Å²) in [6, 6.07) is 4.23. The van der Waals surface area contributed by atoms with E-state index in [9.17, 15) is 8.42 Å². The molecular formula is C12H19ClN2O2S. The second-order valence-corrected chi connectivity index (χ2v) is 6.57. The van der Waals surface area contributed by atoms with Crippen molar-refractivity contribution in [3.05, 3.63) is 23.2 Å². The molecule has 0 fully saturated rings. The second-order valence-electron chi connectivity index (χ2n) is 4.49.